The Balaban J connectivity index is 2.02. The zero-order valence-corrected chi connectivity index (χ0v) is 24.2. The van der Waals surface area contributed by atoms with Crippen LogP contribution >= 0.6 is 11.6 Å². The number of carbonyl (C=O) groups is 2. The van der Waals surface area contributed by atoms with Gasteiger partial charge in [0.25, 0.3) is 0 Å². The van der Waals surface area contributed by atoms with Crippen molar-refractivity contribution in [3.8, 4) is 0 Å². The summed E-state index contributed by atoms with van der Waals surface area (Å²) in [5, 5.41) is 3.37. The van der Waals surface area contributed by atoms with Crippen LogP contribution in [0.3, 0.4) is 0 Å². The highest BCUT2D eigenvalue weighted by Crippen LogP contribution is 2.25. The summed E-state index contributed by atoms with van der Waals surface area (Å²) in [7, 11) is -3.84. The first-order valence-electron chi connectivity index (χ1n) is 13.0. The Hall–Kier alpha value is -3.36. The lowest BCUT2D eigenvalue weighted by atomic mass is 10.0. The van der Waals surface area contributed by atoms with Crippen molar-refractivity contribution in [1.82, 2.24) is 10.2 Å². The average Bonchev–Trinajstić information content (AvgIpc) is 2.91. The number of sulfonamides is 1. The van der Waals surface area contributed by atoms with Crippen LogP contribution in [0.5, 0.6) is 0 Å². The molecule has 3 rings (SSSR count). The number of hydrogen-bond donors (Lipinski definition) is 1. The number of unbranched alkanes of at least 4 members (excludes halogenated alkanes) is 1. The van der Waals surface area contributed by atoms with E-state index in [-0.39, 0.29) is 24.6 Å². The van der Waals surface area contributed by atoms with Crippen LogP contribution in [0, 0.1) is 6.92 Å². The number of nitrogens with one attached hydrogen (secondary N) is 1. The molecule has 7 nitrogen and oxygen atoms in total. The summed E-state index contributed by atoms with van der Waals surface area (Å²) in [5.74, 6) is -0.770. The van der Waals surface area contributed by atoms with E-state index in [2.05, 4.69) is 5.32 Å². The fraction of sp³-hybridized carbons (Fsp3) is 0.333. The number of carbonyl (C=O) groups excluding carboxylic acids is 2. The van der Waals surface area contributed by atoms with Gasteiger partial charge in [0, 0.05) is 24.5 Å². The van der Waals surface area contributed by atoms with E-state index in [9.17, 15) is 18.0 Å². The molecule has 0 heterocycles. The van der Waals surface area contributed by atoms with E-state index in [1.807, 2.05) is 74.5 Å². The molecule has 39 heavy (non-hydrogen) atoms. The van der Waals surface area contributed by atoms with Crippen molar-refractivity contribution < 1.29 is 18.0 Å². The van der Waals surface area contributed by atoms with E-state index in [1.165, 1.54) is 11.0 Å². The Morgan fingerprint density at radius 1 is 0.949 bits per heavy atom. The van der Waals surface area contributed by atoms with E-state index in [1.54, 1.807) is 12.1 Å². The van der Waals surface area contributed by atoms with Gasteiger partial charge in [-0.05, 0) is 42.2 Å². The van der Waals surface area contributed by atoms with E-state index < -0.39 is 28.5 Å². The number of anilines is 1. The third kappa shape index (κ3) is 8.83. The fourth-order valence-corrected chi connectivity index (χ4v) is 5.21. The van der Waals surface area contributed by atoms with Crippen molar-refractivity contribution in [2.75, 3.05) is 23.7 Å². The molecule has 0 saturated heterocycles. The van der Waals surface area contributed by atoms with Crippen molar-refractivity contribution >= 4 is 39.1 Å². The lowest BCUT2D eigenvalue weighted by Gasteiger charge is -2.33. The van der Waals surface area contributed by atoms with Crippen molar-refractivity contribution in [2.45, 2.75) is 45.7 Å². The summed E-state index contributed by atoms with van der Waals surface area (Å²) in [6, 6.07) is 22.9. The molecular formula is C30H36ClN3O4S. The second-order valence-electron chi connectivity index (χ2n) is 9.56. The predicted molar refractivity (Wildman–Crippen MR) is 157 cm³/mol. The third-order valence-corrected chi connectivity index (χ3v) is 7.97. The summed E-state index contributed by atoms with van der Waals surface area (Å²) in [6.07, 6.45) is 3.06. The van der Waals surface area contributed by atoms with Crippen molar-refractivity contribution in [3.63, 3.8) is 0 Å². The van der Waals surface area contributed by atoms with E-state index in [0.29, 0.717) is 11.6 Å². The monoisotopic (exact) mass is 569 g/mol. The van der Waals surface area contributed by atoms with Crippen LogP contribution in [-0.4, -0.2) is 50.5 Å². The van der Waals surface area contributed by atoms with Gasteiger partial charge in [-0.15, -0.1) is 0 Å². The molecule has 0 saturated carbocycles. The highest BCUT2D eigenvalue weighted by atomic mass is 35.5. The van der Waals surface area contributed by atoms with Gasteiger partial charge in [0.15, 0.2) is 0 Å². The second-order valence-corrected chi connectivity index (χ2v) is 11.9. The number of amides is 2. The highest BCUT2D eigenvalue weighted by molar-refractivity contribution is 7.92. The van der Waals surface area contributed by atoms with Crippen LogP contribution in [0.15, 0.2) is 78.9 Å². The minimum absolute atomic E-state index is 0.143. The Kier molecular flexibility index (Phi) is 10.9. The first-order valence-corrected chi connectivity index (χ1v) is 15.2. The quantitative estimate of drug-likeness (QED) is 0.294. The molecule has 208 valence electrons. The van der Waals surface area contributed by atoms with Gasteiger partial charge < -0.3 is 10.2 Å². The lowest BCUT2D eigenvalue weighted by molar-refractivity contribution is -0.140. The SMILES string of the molecule is CCCCNC(=O)C(Cc1ccccc1)N(Cc1ccccc1)C(=O)CN(c1ccc(C)c(Cl)c1)S(C)(=O)=O. The van der Waals surface area contributed by atoms with E-state index >= 15 is 0 Å². The standard InChI is InChI=1S/C30H36ClN3O4S/c1-4-5-18-32-30(36)28(19-24-12-8-6-9-13-24)33(21-25-14-10-7-11-15-25)29(35)22-34(39(3,37)38)26-17-16-23(2)27(31)20-26/h6-17,20,28H,4-5,18-19,21-22H2,1-3H3,(H,32,36). The first-order chi connectivity index (χ1) is 18.6. The van der Waals surface area contributed by atoms with Gasteiger partial charge in [0.05, 0.1) is 11.9 Å². The van der Waals surface area contributed by atoms with Gasteiger partial charge in [-0.25, -0.2) is 8.42 Å². The van der Waals surface area contributed by atoms with Gasteiger partial charge in [-0.1, -0.05) is 91.7 Å². The molecule has 9 heteroatoms. The molecule has 3 aromatic rings. The van der Waals surface area contributed by atoms with Gasteiger partial charge in [0.2, 0.25) is 21.8 Å². The van der Waals surface area contributed by atoms with E-state index in [4.69, 9.17) is 11.6 Å². The van der Waals surface area contributed by atoms with Gasteiger partial charge >= 0.3 is 0 Å². The zero-order valence-electron chi connectivity index (χ0n) is 22.6. The maximum Gasteiger partial charge on any atom is 0.244 e. The fourth-order valence-electron chi connectivity index (χ4n) is 4.19. The summed E-state index contributed by atoms with van der Waals surface area (Å²) < 4.78 is 26.7. The van der Waals surface area contributed by atoms with Gasteiger partial charge in [0.1, 0.15) is 12.6 Å². The molecule has 1 atom stereocenters. The number of rotatable bonds is 13. The number of aryl methyl sites for hydroxylation is 1. The summed E-state index contributed by atoms with van der Waals surface area (Å²) >= 11 is 6.29. The largest absolute Gasteiger partial charge is 0.354 e. The summed E-state index contributed by atoms with van der Waals surface area (Å²) in [6.45, 7) is 4.01. The van der Waals surface area contributed by atoms with Crippen molar-refractivity contribution in [1.29, 1.82) is 0 Å². The highest BCUT2D eigenvalue weighted by Gasteiger charge is 2.33. The molecule has 3 aromatic carbocycles. The van der Waals surface area contributed by atoms with Crippen LogP contribution in [0.2, 0.25) is 5.02 Å². The van der Waals surface area contributed by atoms with Gasteiger partial charge in [-0.3, -0.25) is 13.9 Å². The van der Waals surface area contributed by atoms with Crippen LogP contribution in [-0.2, 0) is 32.6 Å². The first kappa shape index (κ1) is 30.2. The minimum Gasteiger partial charge on any atom is -0.354 e. The van der Waals surface area contributed by atoms with Crippen LogP contribution in [0.25, 0.3) is 0 Å². The van der Waals surface area contributed by atoms with Crippen molar-refractivity contribution in [2.24, 2.45) is 0 Å². The van der Waals surface area contributed by atoms with Gasteiger partial charge in [-0.2, -0.15) is 0 Å². The average molecular weight is 570 g/mol. The van der Waals surface area contributed by atoms with Crippen molar-refractivity contribution in [3.05, 3.63) is 101 Å². The summed E-state index contributed by atoms with van der Waals surface area (Å²) in [5.41, 5.74) is 2.80. The molecule has 0 aliphatic rings. The molecule has 0 fully saturated rings. The third-order valence-electron chi connectivity index (χ3n) is 6.42. The zero-order chi connectivity index (χ0) is 28.4. The van der Waals surface area contributed by atoms with Crippen LogP contribution in [0.4, 0.5) is 5.69 Å². The smallest absolute Gasteiger partial charge is 0.244 e. The number of halogens is 1. The second kappa shape index (κ2) is 14.1. The molecule has 0 bridgehead atoms. The summed E-state index contributed by atoms with van der Waals surface area (Å²) in [4.78, 5) is 29.0. The Morgan fingerprint density at radius 2 is 1.56 bits per heavy atom. The molecule has 1 N–H and O–H groups in total. The normalized spacial score (nSPS) is 12.0. The maximum absolute atomic E-state index is 14.0. The topological polar surface area (TPSA) is 86.8 Å². The molecule has 0 aromatic heterocycles. The Labute approximate surface area is 236 Å². The lowest BCUT2D eigenvalue weighted by Crippen LogP contribution is -2.53. The number of benzene rings is 3. The van der Waals surface area contributed by atoms with E-state index in [0.717, 1.165) is 40.1 Å². The molecule has 0 aliphatic heterocycles. The maximum atomic E-state index is 14.0. The number of nitrogens with zero attached hydrogens (tertiary/aromatic N) is 2. The van der Waals surface area contributed by atoms with Crippen LogP contribution < -0.4 is 9.62 Å². The molecule has 2 amide bonds. The Bertz CT molecular complexity index is 1350. The molecular weight excluding hydrogens is 534 g/mol. The predicted octanol–water partition coefficient (Wildman–Crippen LogP) is 4.97. The Morgan fingerprint density at radius 3 is 2.13 bits per heavy atom. The minimum atomic E-state index is -3.84. The molecule has 0 radical (unpaired) electrons. The molecule has 0 spiro atoms. The number of hydrogen-bond acceptors (Lipinski definition) is 4. The van der Waals surface area contributed by atoms with Crippen LogP contribution in [0.1, 0.15) is 36.5 Å². The molecule has 1 unspecified atom stereocenters. The molecule has 0 aliphatic carbocycles.